The van der Waals surface area contributed by atoms with Crippen LogP contribution in [0.5, 0.6) is 0 Å². The van der Waals surface area contributed by atoms with Crippen LogP contribution in [0.2, 0.25) is 5.02 Å². The van der Waals surface area contributed by atoms with Gasteiger partial charge in [0.2, 0.25) is 11.0 Å². The van der Waals surface area contributed by atoms with Gasteiger partial charge in [-0.25, -0.2) is 0 Å². The minimum absolute atomic E-state index is 0.551. The molecule has 0 amide bonds. The molecule has 0 aliphatic rings. The Hall–Kier alpha value is -2.07. The molecule has 0 spiro atoms. The van der Waals surface area contributed by atoms with Crippen LogP contribution in [0.15, 0.2) is 42.5 Å². The average Bonchev–Trinajstić information content (AvgIpc) is 2.67. The first-order valence-electron chi connectivity index (χ1n) is 5.50. The van der Waals surface area contributed by atoms with Crippen LogP contribution in [0.1, 0.15) is 5.56 Å². The molecular formula is C13H10ClN3O. The molecule has 1 aromatic heterocycles. The van der Waals surface area contributed by atoms with Gasteiger partial charge in [0.1, 0.15) is 5.69 Å². The Morgan fingerprint density at radius 1 is 1.22 bits per heavy atom. The zero-order valence-electron chi connectivity index (χ0n) is 9.67. The number of benzene rings is 2. The molecule has 0 saturated heterocycles. The Morgan fingerprint density at radius 2 is 2.06 bits per heavy atom. The predicted molar refractivity (Wildman–Crippen MR) is 69.8 cm³/mol. The van der Waals surface area contributed by atoms with Crippen LogP contribution in [0, 0.1) is 12.1 Å². The van der Waals surface area contributed by atoms with Crippen molar-refractivity contribution in [2.24, 2.45) is 0 Å². The maximum Gasteiger partial charge on any atom is 0.250 e. The van der Waals surface area contributed by atoms with E-state index in [4.69, 9.17) is 11.6 Å². The smallest absolute Gasteiger partial charge is 0.250 e. The van der Waals surface area contributed by atoms with Gasteiger partial charge in [-0.05, 0) is 47.6 Å². The van der Waals surface area contributed by atoms with E-state index in [2.05, 4.69) is 5.10 Å². The van der Waals surface area contributed by atoms with Gasteiger partial charge >= 0.3 is 0 Å². The number of hydrogen-bond acceptors (Lipinski definition) is 2. The number of fused-ring (bicyclic) bond motifs is 1. The third-order valence-corrected chi connectivity index (χ3v) is 2.99. The Morgan fingerprint density at radius 3 is 2.83 bits per heavy atom. The molecule has 1 heterocycles. The Labute approximate surface area is 109 Å². The number of halogens is 1. The zero-order valence-corrected chi connectivity index (χ0v) is 10.4. The lowest BCUT2D eigenvalue weighted by atomic mass is 10.2. The molecule has 5 heteroatoms. The third kappa shape index (κ3) is 1.71. The van der Waals surface area contributed by atoms with Gasteiger partial charge in [0.05, 0.1) is 5.10 Å². The molecule has 0 aliphatic carbocycles. The van der Waals surface area contributed by atoms with Crippen molar-refractivity contribution in [3.05, 3.63) is 58.3 Å². The lowest BCUT2D eigenvalue weighted by Crippen LogP contribution is -2.37. The van der Waals surface area contributed by atoms with Crippen molar-refractivity contribution in [1.82, 2.24) is 9.90 Å². The minimum Gasteiger partial charge on any atom is -0.692 e. The fourth-order valence-electron chi connectivity index (χ4n) is 1.88. The first-order chi connectivity index (χ1) is 8.65. The highest BCUT2D eigenvalue weighted by Gasteiger charge is 2.15. The first kappa shape index (κ1) is 11.0. The molecule has 3 aromatic rings. The molecule has 0 fully saturated rings. The fraction of sp³-hybridized carbons (Fsp3) is 0.0769. The quantitative estimate of drug-likeness (QED) is 0.498. The molecule has 0 saturated carbocycles. The van der Waals surface area contributed by atoms with Gasteiger partial charge in [-0.1, -0.05) is 23.7 Å². The summed E-state index contributed by atoms with van der Waals surface area (Å²) in [5, 5.41) is 17.0. The lowest BCUT2D eigenvalue weighted by Gasteiger charge is -2.03. The van der Waals surface area contributed by atoms with Gasteiger partial charge in [-0.3, -0.25) is 0 Å². The summed E-state index contributed by atoms with van der Waals surface area (Å²) in [4.78, 5) is 2.07. The standard InChI is InChI=1S/C13H10ClN3O/c1-9-5-6-12-13(7-9)17(18)16(15-12)11-4-2-3-10(14)8-11/h2-8H,1H3. The molecule has 0 aliphatic heterocycles. The van der Waals surface area contributed by atoms with E-state index < -0.39 is 0 Å². The highest BCUT2D eigenvalue weighted by molar-refractivity contribution is 6.30. The predicted octanol–water partition coefficient (Wildman–Crippen LogP) is 2.62. The van der Waals surface area contributed by atoms with E-state index >= 15 is 0 Å². The Bertz CT molecular complexity index is 736. The normalized spacial score (nSPS) is 11.0. The maximum absolute atomic E-state index is 12.2. The van der Waals surface area contributed by atoms with Crippen LogP contribution < -0.4 is 4.85 Å². The topological polar surface area (TPSA) is 44.8 Å². The van der Waals surface area contributed by atoms with Crippen LogP contribution in [0.3, 0.4) is 0 Å². The summed E-state index contributed by atoms with van der Waals surface area (Å²) in [5.74, 6) is 0. The summed E-state index contributed by atoms with van der Waals surface area (Å²) >= 11 is 5.92. The number of aryl methyl sites for hydroxylation is 1. The summed E-state index contributed by atoms with van der Waals surface area (Å²) in [5.41, 5.74) is 2.88. The molecule has 2 aromatic carbocycles. The van der Waals surface area contributed by atoms with Gasteiger partial charge in [-0.15, -0.1) is 4.85 Å². The van der Waals surface area contributed by atoms with E-state index in [1.54, 1.807) is 24.3 Å². The van der Waals surface area contributed by atoms with Crippen LogP contribution in [-0.4, -0.2) is 9.90 Å². The second-order valence-corrected chi connectivity index (χ2v) is 4.57. The van der Waals surface area contributed by atoms with Crippen molar-refractivity contribution in [2.45, 2.75) is 6.92 Å². The number of nitrogens with zero attached hydrogens (tertiary/aromatic N) is 3. The monoisotopic (exact) mass is 259 g/mol. The Balaban J connectivity index is 2.27. The van der Waals surface area contributed by atoms with Gasteiger partial charge in [-0.2, -0.15) is 0 Å². The largest absolute Gasteiger partial charge is 0.692 e. The zero-order chi connectivity index (χ0) is 12.7. The van der Waals surface area contributed by atoms with E-state index in [-0.39, 0.29) is 0 Å². The van der Waals surface area contributed by atoms with Gasteiger partial charge < -0.3 is 5.21 Å². The summed E-state index contributed by atoms with van der Waals surface area (Å²) in [6, 6.07) is 12.6. The molecule has 90 valence electrons. The highest BCUT2D eigenvalue weighted by Crippen LogP contribution is 2.15. The second kappa shape index (κ2) is 3.99. The van der Waals surface area contributed by atoms with Gasteiger partial charge in [0.15, 0.2) is 0 Å². The number of hydrogen-bond donors (Lipinski definition) is 0. The van der Waals surface area contributed by atoms with Crippen LogP contribution in [-0.2, 0) is 0 Å². The van der Waals surface area contributed by atoms with Crippen molar-refractivity contribution in [3.63, 3.8) is 0 Å². The molecule has 0 N–H and O–H groups in total. The van der Waals surface area contributed by atoms with E-state index in [0.717, 1.165) is 10.4 Å². The molecular weight excluding hydrogens is 250 g/mol. The summed E-state index contributed by atoms with van der Waals surface area (Å²) in [6.45, 7) is 1.94. The maximum atomic E-state index is 12.2. The van der Waals surface area contributed by atoms with Crippen molar-refractivity contribution >= 4 is 22.6 Å². The van der Waals surface area contributed by atoms with Gasteiger partial charge in [0, 0.05) is 5.02 Å². The molecule has 0 unspecified atom stereocenters. The van der Waals surface area contributed by atoms with E-state index in [1.807, 2.05) is 25.1 Å². The molecule has 0 atom stereocenters. The number of aromatic nitrogens is 3. The molecule has 3 rings (SSSR count). The molecule has 18 heavy (non-hydrogen) atoms. The van der Waals surface area contributed by atoms with Crippen LogP contribution in [0.25, 0.3) is 16.7 Å². The second-order valence-electron chi connectivity index (χ2n) is 4.13. The Kier molecular flexibility index (Phi) is 2.45. The van der Waals surface area contributed by atoms with Crippen LogP contribution >= 0.6 is 11.6 Å². The van der Waals surface area contributed by atoms with Crippen LogP contribution in [0.4, 0.5) is 0 Å². The van der Waals surface area contributed by atoms with Gasteiger partial charge in [0.25, 0.3) is 0 Å². The fourth-order valence-corrected chi connectivity index (χ4v) is 2.06. The summed E-state index contributed by atoms with van der Waals surface area (Å²) in [6.07, 6.45) is 0. The van der Waals surface area contributed by atoms with E-state index in [9.17, 15) is 5.21 Å². The van der Waals surface area contributed by atoms with E-state index in [0.29, 0.717) is 21.7 Å². The molecule has 0 bridgehead atoms. The van der Waals surface area contributed by atoms with Crippen molar-refractivity contribution in [3.8, 4) is 5.69 Å². The van der Waals surface area contributed by atoms with Crippen molar-refractivity contribution in [2.75, 3.05) is 0 Å². The van der Waals surface area contributed by atoms with Crippen molar-refractivity contribution < 1.29 is 4.85 Å². The summed E-state index contributed by atoms with van der Waals surface area (Å²) in [7, 11) is 0. The SMILES string of the molecule is Cc1ccc2nn(-c3cccc(Cl)c3)[n+]([O-])c2c1. The third-order valence-electron chi connectivity index (χ3n) is 2.75. The minimum atomic E-state index is 0.551. The lowest BCUT2D eigenvalue weighted by molar-refractivity contribution is -0.664. The highest BCUT2D eigenvalue weighted by atomic mass is 35.5. The molecule has 0 radical (unpaired) electrons. The van der Waals surface area contributed by atoms with Crippen molar-refractivity contribution in [1.29, 1.82) is 0 Å². The average molecular weight is 260 g/mol. The van der Waals surface area contributed by atoms with E-state index in [1.165, 1.54) is 4.80 Å². The first-order valence-corrected chi connectivity index (χ1v) is 5.88. The summed E-state index contributed by atoms with van der Waals surface area (Å²) < 4.78 is 0. The molecule has 4 nitrogen and oxygen atoms in total. The number of rotatable bonds is 1.